The smallest absolute Gasteiger partial charge is 0.0913 e. The monoisotopic (exact) mass is 322 g/mol. The van der Waals surface area contributed by atoms with Gasteiger partial charge in [-0.2, -0.15) is 0 Å². The van der Waals surface area contributed by atoms with E-state index >= 15 is 0 Å². The zero-order chi connectivity index (χ0) is 14.8. The molecular weight excluding hydrogens is 303 g/mol. The first-order valence-corrected chi connectivity index (χ1v) is 8.50. The van der Waals surface area contributed by atoms with Gasteiger partial charge in [0, 0.05) is 28.3 Å². The van der Waals surface area contributed by atoms with Crippen LogP contribution in [0.1, 0.15) is 43.9 Å². The third kappa shape index (κ3) is 2.97. The molecule has 1 N–H and O–H groups in total. The second kappa shape index (κ2) is 6.41. The molecule has 4 heteroatoms. The molecule has 0 saturated heterocycles. The van der Waals surface area contributed by atoms with Gasteiger partial charge in [0.1, 0.15) is 0 Å². The fourth-order valence-electron chi connectivity index (χ4n) is 3.08. The zero-order valence-electron chi connectivity index (χ0n) is 12.3. The van der Waals surface area contributed by atoms with E-state index in [0.717, 1.165) is 36.7 Å². The number of hydrogen-bond acceptors (Lipinski definition) is 2. The van der Waals surface area contributed by atoms with Crippen molar-refractivity contribution in [3.05, 3.63) is 33.4 Å². The van der Waals surface area contributed by atoms with E-state index in [-0.39, 0.29) is 0 Å². The fourth-order valence-corrected chi connectivity index (χ4v) is 3.61. The first-order valence-electron chi connectivity index (χ1n) is 7.75. The summed E-state index contributed by atoms with van der Waals surface area (Å²) in [4.78, 5) is 4.85. The van der Waals surface area contributed by atoms with Crippen molar-refractivity contribution in [2.24, 2.45) is 0 Å². The summed E-state index contributed by atoms with van der Waals surface area (Å²) in [5.74, 6) is 0. The Hall–Kier alpha value is -0.990. The Kier molecular flexibility index (Phi) is 4.56. The van der Waals surface area contributed by atoms with Gasteiger partial charge in [-0.25, -0.2) is 0 Å². The molecule has 1 aliphatic carbocycles. The quantitative estimate of drug-likeness (QED) is 0.740. The van der Waals surface area contributed by atoms with Gasteiger partial charge in [0.05, 0.1) is 10.5 Å². The van der Waals surface area contributed by atoms with Crippen LogP contribution in [-0.2, 0) is 12.8 Å². The molecule has 1 heterocycles. The van der Waals surface area contributed by atoms with Crippen molar-refractivity contribution in [1.29, 1.82) is 0 Å². The van der Waals surface area contributed by atoms with E-state index in [1.807, 2.05) is 6.07 Å². The van der Waals surface area contributed by atoms with Crippen molar-refractivity contribution in [1.82, 2.24) is 4.98 Å². The molecule has 1 aromatic heterocycles. The molecule has 0 fully saturated rings. The van der Waals surface area contributed by atoms with Crippen LogP contribution in [0.25, 0.3) is 10.9 Å². The molecule has 2 aromatic rings. The normalized spacial score (nSPS) is 14.8. The highest BCUT2D eigenvalue weighted by Crippen LogP contribution is 2.37. The van der Waals surface area contributed by atoms with Crippen LogP contribution in [-0.4, -0.2) is 11.5 Å². The number of anilines is 1. The molecule has 1 aromatic carbocycles. The van der Waals surface area contributed by atoms with Crippen LogP contribution in [0.5, 0.6) is 0 Å². The molecule has 0 unspecified atom stereocenters. The number of aryl methyl sites for hydroxylation is 1. The van der Waals surface area contributed by atoms with Crippen molar-refractivity contribution in [3.8, 4) is 0 Å². The number of aromatic nitrogens is 1. The zero-order valence-corrected chi connectivity index (χ0v) is 13.8. The number of pyridine rings is 1. The molecule has 0 saturated carbocycles. The lowest BCUT2D eigenvalue weighted by Crippen LogP contribution is -2.08. The SMILES string of the molecule is CCCNc1c2c(nc3c(Cl)cc(Cl)cc13)CCCCC2. The largest absolute Gasteiger partial charge is 0.384 e. The molecule has 0 bridgehead atoms. The third-order valence-electron chi connectivity index (χ3n) is 4.09. The van der Waals surface area contributed by atoms with Crippen LogP contribution in [0.15, 0.2) is 12.1 Å². The predicted molar refractivity (Wildman–Crippen MR) is 91.8 cm³/mol. The molecule has 21 heavy (non-hydrogen) atoms. The van der Waals surface area contributed by atoms with Gasteiger partial charge in [0.15, 0.2) is 0 Å². The number of benzene rings is 1. The molecule has 0 radical (unpaired) electrons. The molecule has 112 valence electrons. The van der Waals surface area contributed by atoms with Gasteiger partial charge >= 0.3 is 0 Å². The van der Waals surface area contributed by atoms with E-state index in [0.29, 0.717) is 10.0 Å². The highest BCUT2D eigenvalue weighted by Gasteiger charge is 2.18. The summed E-state index contributed by atoms with van der Waals surface area (Å²) < 4.78 is 0. The minimum atomic E-state index is 0.643. The summed E-state index contributed by atoms with van der Waals surface area (Å²) in [7, 11) is 0. The topological polar surface area (TPSA) is 24.9 Å². The van der Waals surface area contributed by atoms with Gasteiger partial charge in [-0.3, -0.25) is 4.98 Å². The summed E-state index contributed by atoms with van der Waals surface area (Å²) in [6.07, 6.45) is 6.94. The summed E-state index contributed by atoms with van der Waals surface area (Å²) >= 11 is 12.6. The highest BCUT2D eigenvalue weighted by atomic mass is 35.5. The molecule has 3 rings (SSSR count). The van der Waals surface area contributed by atoms with Gasteiger partial charge in [-0.15, -0.1) is 0 Å². The molecule has 0 atom stereocenters. The Morgan fingerprint density at radius 1 is 1.14 bits per heavy atom. The van der Waals surface area contributed by atoms with E-state index in [2.05, 4.69) is 12.2 Å². The average molecular weight is 323 g/mol. The van der Waals surface area contributed by atoms with E-state index < -0.39 is 0 Å². The lowest BCUT2D eigenvalue weighted by Gasteiger charge is -2.17. The van der Waals surface area contributed by atoms with Crippen molar-refractivity contribution >= 4 is 39.8 Å². The summed E-state index contributed by atoms with van der Waals surface area (Å²) in [6, 6.07) is 3.77. The Morgan fingerprint density at radius 3 is 2.76 bits per heavy atom. The number of halogens is 2. The van der Waals surface area contributed by atoms with E-state index in [4.69, 9.17) is 28.2 Å². The maximum atomic E-state index is 6.38. The Balaban J connectivity index is 2.26. The lowest BCUT2D eigenvalue weighted by atomic mass is 10.0. The van der Waals surface area contributed by atoms with Crippen LogP contribution in [0.2, 0.25) is 10.0 Å². The maximum absolute atomic E-state index is 6.38. The van der Waals surface area contributed by atoms with Crippen LogP contribution in [0, 0.1) is 0 Å². The standard InChI is InChI=1S/C17H20Cl2N2/c1-2-8-20-16-12-6-4-3-5-7-15(12)21-17-13(16)9-11(18)10-14(17)19/h9-10H,2-8H2,1H3,(H,20,21). The number of fused-ring (bicyclic) bond motifs is 2. The van der Waals surface area contributed by atoms with Crippen molar-refractivity contribution < 1.29 is 0 Å². The fraction of sp³-hybridized carbons (Fsp3) is 0.471. The number of hydrogen-bond donors (Lipinski definition) is 1. The first kappa shape index (κ1) is 14.9. The minimum absolute atomic E-state index is 0.643. The first-order chi connectivity index (χ1) is 10.2. The van der Waals surface area contributed by atoms with Crippen molar-refractivity contribution in [3.63, 3.8) is 0 Å². The minimum Gasteiger partial charge on any atom is -0.384 e. The molecule has 0 spiro atoms. The maximum Gasteiger partial charge on any atom is 0.0913 e. The number of nitrogens with one attached hydrogen (secondary N) is 1. The third-order valence-corrected chi connectivity index (χ3v) is 4.59. The second-order valence-corrected chi connectivity index (χ2v) is 6.53. The molecular formula is C17H20Cl2N2. The van der Waals surface area contributed by atoms with Crippen LogP contribution in [0.3, 0.4) is 0 Å². The van der Waals surface area contributed by atoms with E-state index in [9.17, 15) is 0 Å². The van der Waals surface area contributed by atoms with Gasteiger partial charge in [0.25, 0.3) is 0 Å². The van der Waals surface area contributed by atoms with Crippen molar-refractivity contribution in [2.75, 3.05) is 11.9 Å². The van der Waals surface area contributed by atoms with Crippen LogP contribution < -0.4 is 5.32 Å². The number of nitrogens with zero attached hydrogens (tertiary/aromatic N) is 1. The van der Waals surface area contributed by atoms with Gasteiger partial charge in [-0.05, 0) is 49.8 Å². The van der Waals surface area contributed by atoms with Crippen molar-refractivity contribution in [2.45, 2.75) is 45.4 Å². The lowest BCUT2D eigenvalue weighted by molar-refractivity contribution is 0.709. The predicted octanol–water partition coefficient (Wildman–Crippen LogP) is 5.63. The molecule has 0 amide bonds. The van der Waals surface area contributed by atoms with Gasteiger partial charge in [0.2, 0.25) is 0 Å². The van der Waals surface area contributed by atoms with Gasteiger partial charge < -0.3 is 5.32 Å². The van der Waals surface area contributed by atoms with Crippen LogP contribution in [0.4, 0.5) is 5.69 Å². The second-order valence-electron chi connectivity index (χ2n) is 5.68. The summed E-state index contributed by atoms with van der Waals surface area (Å²) in [5.41, 5.74) is 4.65. The van der Waals surface area contributed by atoms with E-state index in [1.165, 1.54) is 36.2 Å². The van der Waals surface area contributed by atoms with Gasteiger partial charge in [-0.1, -0.05) is 36.5 Å². The Labute approximate surface area is 135 Å². The Bertz CT molecular complexity index is 668. The summed E-state index contributed by atoms with van der Waals surface area (Å²) in [5, 5.41) is 5.96. The summed E-state index contributed by atoms with van der Waals surface area (Å²) in [6.45, 7) is 3.13. The van der Waals surface area contributed by atoms with E-state index in [1.54, 1.807) is 6.07 Å². The molecule has 1 aliphatic rings. The highest BCUT2D eigenvalue weighted by molar-refractivity contribution is 6.38. The molecule has 0 aliphatic heterocycles. The average Bonchev–Trinajstić information content (AvgIpc) is 2.69. The Morgan fingerprint density at radius 2 is 1.95 bits per heavy atom. The number of rotatable bonds is 3. The van der Waals surface area contributed by atoms with Crippen LogP contribution >= 0.6 is 23.2 Å². The molecule has 2 nitrogen and oxygen atoms in total.